The van der Waals surface area contributed by atoms with Crippen molar-refractivity contribution in [2.24, 2.45) is 4.99 Å². The van der Waals surface area contributed by atoms with Crippen molar-refractivity contribution < 1.29 is 0 Å². The molecule has 0 saturated heterocycles. The number of halogens is 1. The van der Waals surface area contributed by atoms with Gasteiger partial charge in [-0.05, 0) is 29.7 Å². The molecule has 0 aliphatic heterocycles. The Kier molecular flexibility index (Phi) is 8.31. The van der Waals surface area contributed by atoms with E-state index in [0.717, 1.165) is 36.9 Å². The molecule has 1 heterocycles. The number of hydrogen-bond donors (Lipinski definition) is 2. The molecule has 0 bridgehead atoms. The second-order valence-corrected chi connectivity index (χ2v) is 7.25. The molecule has 0 aliphatic rings. The van der Waals surface area contributed by atoms with Crippen LogP contribution in [0.4, 0.5) is 0 Å². The van der Waals surface area contributed by atoms with Crippen LogP contribution in [0.15, 0.2) is 53.7 Å². The van der Waals surface area contributed by atoms with Crippen LogP contribution >= 0.6 is 35.3 Å². The predicted molar refractivity (Wildman–Crippen MR) is 123 cm³/mol. The van der Waals surface area contributed by atoms with E-state index in [1.165, 1.54) is 21.2 Å². The molecular formula is C20H25IN4S. The molecule has 0 spiro atoms. The van der Waals surface area contributed by atoms with Crippen molar-refractivity contribution in [1.29, 1.82) is 0 Å². The monoisotopic (exact) mass is 480 g/mol. The van der Waals surface area contributed by atoms with Gasteiger partial charge in [-0.1, -0.05) is 42.5 Å². The van der Waals surface area contributed by atoms with Gasteiger partial charge >= 0.3 is 0 Å². The van der Waals surface area contributed by atoms with Gasteiger partial charge in [-0.3, -0.25) is 4.99 Å². The highest BCUT2D eigenvalue weighted by Crippen LogP contribution is 2.18. The smallest absolute Gasteiger partial charge is 0.191 e. The number of thiazole rings is 1. The number of fused-ring (bicyclic) bond motifs is 1. The molecule has 0 radical (unpaired) electrons. The van der Waals surface area contributed by atoms with Gasteiger partial charge in [0.2, 0.25) is 0 Å². The number of benzene rings is 2. The van der Waals surface area contributed by atoms with Crippen LogP contribution in [0, 0.1) is 6.92 Å². The highest BCUT2D eigenvalue weighted by atomic mass is 127. The van der Waals surface area contributed by atoms with Crippen molar-refractivity contribution in [3.05, 3.63) is 64.1 Å². The summed E-state index contributed by atoms with van der Waals surface area (Å²) < 4.78 is 0. The molecule has 0 aliphatic carbocycles. The summed E-state index contributed by atoms with van der Waals surface area (Å²) in [5.41, 5.74) is 1.36. The lowest BCUT2D eigenvalue weighted by Crippen LogP contribution is -2.39. The van der Waals surface area contributed by atoms with E-state index in [1.54, 1.807) is 18.4 Å². The normalized spacial score (nSPS) is 11.2. The number of aromatic nitrogens is 1. The predicted octanol–water partition coefficient (Wildman–Crippen LogP) is 4.17. The van der Waals surface area contributed by atoms with E-state index in [0.29, 0.717) is 0 Å². The Hall–Kier alpha value is -1.67. The maximum Gasteiger partial charge on any atom is 0.191 e. The first-order valence-corrected chi connectivity index (χ1v) is 9.40. The average molecular weight is 480 g/mol. The molecule has 138 valence electrons. The van der Waals surface area contributed by atoms with E-state index >= 15 is 0 Å². The Morgan fingerprint density at radius 1 is 1.04 bits per heavy atom. The van der Waals surface area contributed by atoms with Crippen LogP contribution in [0.2, 0.25) is 0 Å². The van der Waals surface area contributed by atoms with Crippen molar-refractivity contribution >= 4 is 52.0 Å². The zero-order valence-corrected chi connectivity index (χ0v) is 18.3. The molecule has 3 aromatic rings. The molecule has 4 nitrogen and oxygen atoms in total. The van der Waals surface area contributed by atoms with E-state index in [2.05, 4.69) is 70.0 Å². The van der Waals surface area contributed by atoms with Crippen LogP contribution in [-0.4, -0.2) is 31.1 Å². The van der Waals surface area contributed by atoms with Crippen LogP contribution < -0.4 is 10.6 Å². The van der Waals surface area contributed by atoms with Gasteiger partial charge in [0.15, 0.2) is 5.96 Å². The van der Waals surface area contributed by atoms with Crippen LogP contribution in [0.3, 0.4) is 0 Å². The van der Waals surface area contributed by atoms with Gasteiger partial charge in [0, 0.05) is 37.6 Å². The van der Waals surface area contributed by atoms with Gasteiger partial charge in [0.1, 0.15) is 0 Å². The van der Waals surface area contributed by atoms with Crippen LogP contribution in [0.25, 0.3) is 10.8 Å². The van der Waals surface area contributed by atoms with Gasteiger partial charge in [-0.25, -0.2) is 4.98 Å². The molecule has 26 heavy (non-hydrogen) atoms. The van der Waals surface area contributed by atoms with Crippen molar-refractivity contribution in [3.8, 4) is 0 Å². The highest BCUT2D eigenvalue weighted by molar-refractivity contribution is 14.0. The first-order valence-electron chi connectivity index (χ1n) is 8.59. The highest BCUT2D eigenvalue weighted by Gasteiger charge is 2.03. The molecule has 0 unspecified atom stereocenters. The maximum absolute atomic E-state index is 4.39. The molecule has 0 atom stereocenters. The molecule has 0 amide bonds. The zero-order valence-electron chi connectivity index (χ0n) is 15.2. The number of aliphatic imine (C=N–C) groups is 1. The summed E-state index contributed by atoms with van der Waals surface area (Å²) in [6.45, 7) is 3.77. The lowest BCUT2D eigenvalue weighted by atomic mass is 10.0. The molecular weight excluding hydrogens is 455 g/mol. The molecule has 2 N–H and O–H groups in total. The Labute approximate surface area is 176 Å². The molecule has 3 rings (SSSR count). The lowest BCUT2D eigenvalue weighted by molar-refractivity contribution is 0.783. The van der Waals surface area contributed by atoms with Crippen LogP contribution in [0.1, 0.15) is 15.4 Å². The maximum atomic E-state index is 4.39. The molecule has 0 fully saturated rings. The fourth-order valence-corrected chi connectivity index (χ4v) is 3.64. The number of guanidine groups is 1. The Balaban J connectivity index is 0.00000243. The number of rotatable bonds is 6. The minimum atomic E-state index is 0. The standard InChI is InChI=1S/C20H24N4S.HI/c1-15-14-24-19(25-15)11-13-23-20(21-2)22-12-10-17-8-5-7-16-6-3-4-9-18(16)17;/h3-9,14H,10-13H2,1-2H3,(H2,21,22,23);1H. The second kappa shape index (κ2) is 10.5. The van der Waals surface area contributed by atoms with Crippen molar-refractivity contribution in [3.63, 3.8) is 0 Å². The Morgan fingerprint density at radius 2 is 1.77 bits per heavy atom. The zero-order chi connectivity index (χ0) is 17.5. The summed E-state index contributed by atoms with van der Waals surface area (Å²) in [6, 6.07) is 15.0. The third-order valence-electron chi connectivity index (χ3n) is 4.09. The topological polar surface area (TPSA) is 49.3 Å². The molecule has 6 heteroatoms. The minimum Gasteiger partial charge on any atom is -0.356 e. The first kappa shape index (κ1) is 20.6. The molecule has 0 saturated carbocycles. The SMILES string of the molecule is CN=C(NCCc1ncc(C)s1)NCCc1cccc2ccccc12.I. The summed E-state index contributed by atoms with van der Waals surface area (Å²) >= 11 is 1.75. The minimum absolute atomic E-state index is 0. The average Bonchev–Trinajstić information content (AvgIpc) is 3.05. The van der Waals surface area contributed by atoms with E-state index < -0.39 is 0 Å². The van der Waals surface area contributed by atoms with Gasteiger partial charge in [-0.2, -0.15) is 0 Å². The van der Waals surface area contributed by atoms with Crippen LogP contribution in [-0.2, 0) is 12.8 Å². The quantitative estimate of drug-likeness (QED) is 0.316. The van der Waals surface area contributed by atoms with Gasteiger partial charge < -0.3 is 10.6 Å². The molecule has 2 aromatic carbocycles. The number of nitrogens with zero attached hydrogens (tertiary/aromatic N) is 2. The lowest BCUT2D eigenvalue weighted by Gasteiger charge is -2.12. The molecule has 1 aromatic heterocycles. The number of aryl methyl sites for hydroxylation is 1. The van der Waals surface area contributed by atoms with E-state index in [9.17, 15) is 0 Å². The fraction of sp³-hybridized carbons (Fsp3) is 0.300. The van der Waals surface area contributed by atoms with Gasteiger partial charge in [0.05, 0.1) is 5.01 Å². The first-order chi connectivity index (χ1) is 12.3. The fourth-order valence-electron chi connectivity index (χ4n) is 2.85. The Morgan fingerprint density at radius 3 is 2.50 bits per heavy atom. The summed E-state index contributed by atoms with van der Waals surface area (Å²) in [5.74, 6) is 0.841. The second-order valence-electron chi connectivity index (χ2n) is 5.93. The Bertz CT molecular complexity index is 854. The van der Waals surface area contributed by atoms with E-state index in [-0.39, 0.29) is 24.0 Å². The van der Waals surface area contributed by atoms with E-state index in [1.807, 2.05) is 6.20 Å². The third kappa shape index (κ3) is 5.67. The van der Waals surface area contributed by atoms with Gasteiger partial charge in [0.25, 0.3) is 0 Å². The number of nitrogens with one attached hydrogen (secondary N) is 2. The van der Waals surface area contributed by atoms with Crippen molar-refractivity contribution in [1.82, 2.24) is 15.6 Å². The van der Waals surface area contributed by atoms with Gasteiger partial charge in [-0.15, -0.1) is 35.3 Å². The van der Waals surface area contributed by atoms with Crippen molar-refractivity contribution in [2.45, 2.75) is 19.8 Å². The summed E-state index contributed by atoms with van der Waals surface area (Å²) in [6.07, 6.45) is 3.81. The van der Waals surface area contributed by atoms with Crippen LogP contribution in [0.5, 0.6) is 0 Å². The third-order valence-corrected chi connectivity index (χ3v) is 5.06. The van der Waals surface area contributed by atoms with E-state index in [4.69, 9.17) is 0 Å². The summed E-state index contributed by atoms with van der Waals surface area (Å²) in [5, 5.41) is 10.5. The summed E-state index contributed by atoms with van der Waals surface area (Å²) in [4.78, 5) is 9.94. The van der Waals surface area contributed by atoms with Crippen molar-refractivity contribution in [2.75, 3.05) is 20.1 Å². The largest absolute Gasteiger partial charge is 0.356 e. The number of hydrogen-bond acceptors (Lipinski definition) is 3. The summed E-state index contributed by atoms with van der Waals surface area (Å²) in [7, 11) is 1.81.